The Morgan fingerprint density at radius 3 is 1.18 bits per heavy atom. The molecule has 0 radical (unpaired) electrons. The molecule has 0 saturated carbocycles. The van der Waals surface area contributed by atoms with Gasteiger partial charge in [-0.05, 0) is 6.42 Å². The van der Waals surface area contributed by atoms with Gasteiger partial charge in [0.15, 0.2) is 0 Å². The Morgan fingerprint density at radius 1 is 0.818 bits per heavy atom. The van der Waals surface area contributed by atoms with Gasteiger partial charge in [0, 0.05) is 0 Å². The Hall–Kier alpha value is 0.252. The molecule has 9 nitrogen and oxygen atoms in total. The summed E-state index contributed by atoms with van der Waals surface area (Å²) in [5.41, 5.74) is 0. The molecule has 0 aliphatic heterocycles. The summed E-state index contributed by atoms with van der Waals surface area (Å²) in [5.74, 6) is -0.0964. The summed E-state index contributed by atoms with van der Waals surface area (Å²) in [6, 6.07) is 0. The van der Waals surface area contributed by atoms with Gasteiger partial charge in [-0.1, -0.05) is 19.8 Å². The van der Waals surface area contributed by atoms with E-state index in [1.807, 2.05) is 6.92 Å². The average Bonchev–Trinajstić information content (AvgIpc) is 2.12. The van der Waals surface area contributed by atoms with E-state index in [9.17, 15) is 21.4 Å². The van der Waals surface area contributed by atoms with Crippen LogP contribution in [0.5, 0.6) is 0 Å². The average molecular weight is 352 g/mol. The van der Waals surface area contributed by atoms with Gasteiger partial charge in [-0.3, -0.25) is 17.5 Å². The van der Waals surface area contributed by atoms with E-state index >= 15 is 0 Å². The number of unbranched alkanes of at least 4 members (excludes halogenated alkanes) is 2. The monoisotopic (exact) mass is 352 g/mol. The van der Waals surface area contributed by atoms with Gasteiger partial charge in [0.05, 0.1) is 5.75 Å². The molecule has 0 bridgehead atoms. The van der Waals surface area contributed by atoms with Crippen LogP contribution in [0.3, 0.4) is 0 Å². The fourth-order valence-electron chi connectivity index (χ4n) is 0.534. The van der Waals surface area contributed by atoms with Crippen molar-refractivity contribution in [1.29, 1.82) is 0 Å². The Bertz CT molecular complexity index is 263. The van der Waals surface area contributed by atoms with Gasteiger partial charge in [-0.15, -0.1) is 0 Å². The predicted molar refractivity (Wildman–Crippen MR) is 77.0 cm³/mol. The van der Waals surface area contributed by atoms with Crippen molar-refractivity contribution < 1.29 is 56.1 Å². The molecule has 0 aromatic heterocycles. The fraction of sp³-hybridized carbons (Fsp3) is 1.00. The van der Waals surface area contributed by atoms with Crippen LogP contribution in [-0.2, 0) is 10.1 Å². The molecule has 22 heavy (non-hydrogen) atoms. The van der Waals surface area contributed by atoms with Crippen molar-refractivity contribution in [3.8, 4) is 0 Å². The second-order valence-corrected chi connectivity index (χ2v) is 4.50. The summed E-state index contributed by atoms with van der Waals surface area (Å²) in [7, 11) is -11.7. The normalized spacial score (nSPS) is 8.50. The zero-order valence-corrected chi connectivity index (χ0v) is 11.9. The quantitative estimate of drug-likeness (QED) is 0.160. The fourth-order valence-corrected chi connectivity index (χ4v) is 1.10. The van der Waals surface area contributed by atoms with Crippen molar-refractivity contribution in [3.63, 3.8) is 0 Å². The molecule has 0 aromatic carbocycles. The third kappa shape index (κ3) is 192. The first-order chi connectivity index (χ1) is 9.26. The zero-order valence-electron chi connectivity index (χ0n) is 11.0. The molecule has 0 saturated heterocycles. The molecule has 130 valence electrons. The van der Waals surface area contributed by atoms with Crippen molar-refractivity contribution in [2.45, 2.75) is 26.2 Å². The summed E-state index contributed by atoms with van der Waals surface area (Å²) in [6.45, 7) is 1.98. The Kier molecular flexibility index (Phi) is 36.1. The molecule has 0 spiro atoms. The standard InChI is InChI=1S/C5H12O3S.3BFH2O2.Li.H/c1-2-3-4-5-9(6,7)8;3*2-1(3)4;;/h2-5H2,1H3,(H,6,7,8);3*3-4H;;. The van der Waals surface area contributed by atoms with Gasteiger partial charge in [-0.2, -0.15) is 8.42 Å². The summed E-state index contributed by atoms with van der Waals surface area (Å²) in [5, 5.41) is 41.7. The third-order valence-corrected chi connectivity index (χ3v) is 1.81. The number of halogens is 3. The summed E-state index contributed by atoms with van der Waals surface area (Å²) < 4.78 is 58.7. The van der Waals surface area contributed by atoms with Crippen LogP contribution >= 0.6 is 0 Å². The van der Waals surface area contributed by atoms with Crippen LogP contribution in [0.4, 0.5) is 12.9 Å². The van der Waals surface area contributed by atoms with Crippen molar-refractivity contribution >= 4 is 51.2 Å². The first-order valence-electron chi connectivity index (χ1n) is 5.22. The van der Waals surface area contributed by atoms with Crippen molar-refractivity contribution in [1.82, 2.24) is 0 Å². The molecule has 17 heteroatoms. The summed E-state index contributed by atoms with van der Waals surface area (Å²) in [6.07, 6.45) is 2.39. The molecule has 0 fully saturated rings. The number of rotatable bonds is 4. The molecular weight excluding hydrogens is 332 g/mol. The van der Waals surface area contributed by atoms with E-state index < -0.39 is 32.3 Å². The van der Waals surface area contributed by atoms with Gasteiger partial charge in [0.1, 0.15) is 0 Å². The van der Waals surface area contributed by atoms with Crippen LogP contribution < -0.4 is 0 Å². The van der Waals surface area contributed by atoms with Gasteiger partial charge in [0.2, 0.25) is 0 Å². The van der Waals surface area contributed by atoms with Crippen LogP contribution in [0.15, 0.2) is 0 Å². The number of hydrogen-bond acceptors (Lipinski definition) is 8. The molecule has 0 aliphatic carbocycles. The molecule has 0 rings (SSSR count). The second kappa shape index (κ2) is 23.5. The van der Waals surface area contributed by atoms with Crippen molar-refractivity contribution in [3.05, 3.63) is 0 Å². The maximum absolute atomic E-state index is 10.1. The minimum atomic E-state index is -3.70. The van der Waals surface area contributed by atoms with E-state index in [0.717, 1.165) is 12.8 Å². The molecule has 7 N–H and O–H groups in total. The van der Waals surface area contributed by atoms with E-state index in [1.54, 1.807) is 0 Å². The Balaban J connectivity index is -0.0000000632. The molecule has 0 amide bonds. The predicted octanol–water partition coefficient (Wildman–Crippen LogP) is -2.81. The van der Waals surface area contributed by atoms with Crippen LogP contribution in [-0.4, -0.2) is 89.9 Å². The second-order valence-electron chi connectivity index (χ2n) is 2.93. The van der Waals surface area contributed by atoms with Crippen LogP contribution in [0.1, 0.15) is 26.2 Å². The van der Waals surface area contributed by atoms with E-state index in [-0.39, 0.29) is 24.6 Å². The van der Waals surface area contributed by atoms with Gasteiger partial charge in [0.25, 0.3) is 10.1 Å². The van der Waals surface area contributed by atoms with Gasteiger partial charge >= 0.3 is 41.0 Å². The van der Waals surface area contributed by atoms with E-state index in [4.69, 9.17) is 34.7 Å². The van der Waals surface area contributed by atoms with Crippen molar-refractivity contribution in [2.75, 3.05) is 5.75 Å². The van der Waals surface area contributed by atoms with Crippen molar-refractivity contribution in [2.24, 2.45) is 0 Å². The van der Waals surface area contributed by atoms with Crippen LogP contribution in [0, 0.1) is 0 Å². The topological polar surface area (TPSA) is 176 Å². The molecule has 0 aromatic rings. The summed E-state index contributed by atoms with van der Waals surface area (Å²) in [4.78, 5) is 0. The maximum atomic E-state index is 10.1. The molecular formula is C5H19B3F3LiO9S. The first kappa shape index (κ1) is 33.8. The van der Waals surface area contributed by atoms with E-state index in [0.29, 0.717) is 6.42 Å². The third-order valence-electron chi connectivity index (χ3n) is 1.01. The van der Waals surface area contributed by atoms with Gasteiger partial charge < -0.3 is 30.1 Å². The number of hydrogen-bond donors (Lipinski definition) is 7. The van der Waals surface area contributed by atoms with E-state index in [1.165, 1.54) is 0 Å². The van der Waals surface area contributed by atoms with Gasteiger partial charge in [-0.25, -0.2) is 0 Å². The zero-order chi connectivity index (χ0) is 18.1. The molecule has 0 aliphatic rings. The SMILES string of the molecule is CCCCCS(=O)(=O)O.OB(O)F.OB(O)F.OB(O)F.[LiH]. The Morgan fingerprint density at radius 2 is 1.05 bits per heavy atom. The first-order valence-corrected chi connectivity index (χ1v) is 6.82. The van der Waals surface area contributed by atoms with Crippen LogP contribution in [0.2, 0.25) is 0 Å². The summed E-state index contributed by atoms with van der Waals surface area (Å²) >= 11 is 0. The molecule has 0 unspecified atom stereocenters. The minimum absolute atomic E-state index is 0. The Labute approximate surface area is 139 Å². The molecule has 0 heterocycles. The van der Waals surface area contributed by atoms with Crippen LogP contribution in [0.25, 0.3) is 0 Å². The van der Waals surface area contributed by atoms with E-state index in [2.05, 4.69) is 0 Å². The molecule has 0 atom stereocenters.